The van der Waals surface area contributed by atoms with Gasteiger partial charge in [0.05, 0.1) is 37.0 Å². The number of anilines is 1. The summed E-state index contributed by atoms with van der Waals surface area (Å²) < 4.78 is 48.5. The SMILES string of the molecule is COC(=O)C1=C(C(=O)OC)N(c2ccc(S(=O)(=O)O)cc2Sc2ccc(C(C)(C)C)cc2)COC1. The molecule has 35 heavy (non-hydrogen) atoms. The van der Waals surface area contributed by atoms with Gasteiger partial charge in [-0.2, -0.15) is 8.42 Å². The summed E-state index contributed by atoms with van der Waals surface area (Å²) in [6, 6.07) is 11.7. The van der Waals surface area contributed by atoms with Crippen LogP contribution in [0.5, 0.6) is 0 Å². The number of hydrogen-bond donors (Lipinski definition) is 1. The lowest BCUT2D eigenvalue weighted by molar-refractivity contribution is -0.140. The van der Waals surface area contributed by atoms with Crippen molar-refractivity contribution >= 4 is 39.5 Å². The molecule has 2 aromatic rings. The van der Waals surface area contributed by atoms with Crippen molar-refractivity contribution in [3.63, 3.8) is 0 Å². The van der Waals surface area contributed by atoms with Gasteiger partial charge in [0.15, 0.2) is 0 Å². The lowest BCUT2D eigenvalue weighted by Crippen LogP contribution is -2.39. The molecule has 3 rings (SSSR count). The number of ether oxygens (including phenoxy) is 3. The van der Waals surface area contributed by atoms with Gasteiger partial charge in [0.2, 0.25) is 0 Å². The third-order valence-electron chi connectivity index (χ3n) is 5.30. The Labute approximate surface area is 208 Å². The first-order valence-corrected chi connectivity index (χ1v) is 12.8. The predicted molar refractivity (Wildman–Crippen MR) is 130 cm³/mol. The van der Waals surface area contributed by atoms with Gasteiger partial charge < -0.3 is 19.1 Å². The first-order chi connectivity index (χ1) is 16.4. The van der Waals surface area contributed by atoms with Crippen molar-refractivity contribution in [2.24, 2.45) is 0 Å². The average Bonchev–Trinajstić information content (AvgIpc) is 2.81. The molecule has 0 saturated carbocycles. The first-order valence-electron chi connectivity index (χ1n) is 10.5. The normalized spacial score (nSPS) is 14.6. The summed E-state index contributed by atoms with van der Waals surface area (Å²) in [6.45, 7) is 6.02. The smallest absolute Gasteiger partial charge is 0.355 e. The highest BCUT2D eigenvalue weighted by Gasteiger charge is 2.34. The van der Waals surface area contributed by atoms with Gasteiger partial charge in [-0.1, -0.05) is 44.7 Å². The first kappa shape index (κ1) is 26.7. The molecule has 0 aliphatic carbocycles. The fourth-order valence-electron chi connectivity index (χ4n) is 3.44. The number of hydrogen-bond acceptors (Lipinski definition) is 9. The van der Waals surface area contributed by atoms with E-state index in [4.69, 9.17) is 14.2 Å². The molecule has 0 atom stereocenters. The fraction of sp³-hybridized carbons (Fsp3) is 0.333. The van der Waals surface area contributed by atoms with Crippen LogP contribution in [0.25, 0.3) is 0 Å². The molecule has 0 unspecified atom stereocenters. The molecule has 0 fully saturated rings. The monoisotopic (exact) mass is 521 g/mol. The van der Waals surface area contributed by atoms with Crippen molar-refractivity contribution in [1.29, 1.82) is 0 Å². The van der Waals surface area contributed by atoms with Crippen LogP contribution >= 0.6 is 11.8 Å². The quantitative estimate of drug-likeness (QED) is 0.444. The molecule has 188 valence electrons. The summed E-state index contributed by atoms with van der Waals surface area (Å²) >= 11 is 1.23. The van der Waals surface area contributed by atoms with Gasteiger partial charge in [0.25, 0.3) is 10.1 Å². The lowest BCUT2D eigenvalue weighted by atomic mass is 9.87. The van der Waals surface area contributed by atoms with Gasteiger partial charge in [0.1, 0.15) is 12.4 Å². The van der Waals surface area contributed by atoms with Gasteiger partial charge in [-0.05, 0) is 41.3 Å². The van der Waals surface area contributed by atoms with Gasteiger partial charge >= 0.3 is 11.9 Å². The van der Waals surface area contributed by atoms with Crippen molar-refractivity contribution in [2.45, 2.75) is 40.9 Å². The number of esters is 2. The van der Waals surface area contributed by atoms with Crippen LogP contribution in [0.2, 0.25) is 0 Å². The topological polar surface area (TPSA) is 119 Å². The molecule has 11 heteroatoms. The van der Waals surface area contributed by atoms with Crippen molar-refractivity contribution in [3.05, 3.63) is 59.3 Å². The largest absolute Gasteiger partial charge is 0.466 e. The number of rotatable bonds is 6. The standard InChI is InChI=1S/C24H27NO8S2/c1-24(2,3)15-6-8-16(9-7-15)34-20-12-17(35(28,29)30)10-11-19(20)25-14-33-13-18(22(26)31-4)21(25)23(27)32-5/h6-12H,13-14H2,1-5H3,(H,28,29,30). The highest BCUT2D eigenvalue weighted by Crippen LogP contribution is 2.40. The van der Waals surface area contributed by atoms with E-state index in [1.165, 1.54) is 49.1 Å². The zero-order valence-electron chi connectivity index (χ0n) is 20.0. The molecule has 9 nitrogen and oxygen atoms in total. The second-order valence-electron chi connectivity index (χ2n) is 8.70. The molecule has 2 aromatic carbocycles. The lowest BCUT2D eigenvalue weighted by Gasteiger charge is -2.32. The van der Waals surface area contributed by atoms with Gasteiger partial charge in [-0.15, -0.1) is 0 Å². The Hall–Kier alpha value is -2.86. The maximum atomic E-state index is 12.7. The zero-order valence-corrected chi connectivity index (χ0v) is 21.7. The maximum Gasteiger partial charge on any atom is 0.355 e. The molecule has 0 radical (unpaired) electrons. The second-order valence-corrected chi connectivity index (χ2v) is 11.2. The fourth-order valence-corrected chi connectivity index (χ4v) is 5.02. The van der Waals surface area contributed by atoms with Gasteiger partial charge in [0, 0.05) is 9.79 Å². The number of nitrogens with zero attached hydrogens (tertiary/aromatic N) is 1. The summed E-state index contributed by atoms with van der Waals surface area (Å²) in [4.78, 5) is 27.3. The Morgan fingerprint density at radius 2 is 1.66 bits per heavy atom. The Kier molecular flexibility index (Phi) is 7.95. The zero-order chi connectivity index (χ0) is 26.0. The summed E-state index contributed by atoms with van der Waals surface area (Å²) in [5.41, 5.74) is 1.35. The van der Waals surface area contributed by atoms with E-state index in [0.29, 0.717) is 10.6 Å². The van der Waals surface area contributed by atoms with Crippen LogP contribution in [0.4, 0.5) is 5.69 Å². The summed E-state index contributed by atoms with van der Waals surface area (Å²) in [5.74, 6) is -1.53. The van der Waals surface area contributed by atoms with Crippen LogP contribution in [-0.2, 0) is 39.3 Å². The summed E-state index contributed by atoms with van der Waals surface area (Å²) in [6.07, 6.45) is 0. The van der Waals surface area contributed by atoms with E-state index in [1.54, 1.807) is 0 Å². The molecule has 0 aromatic heterocycles. The van der Waals surface area contributed by atoms with Crippen LogP contribution in [0, 0.1) is 0 Å². The van der Waals surface area contributed by atoms with Gasteiger partial charge in [-0.25, -0.2) is 9.59 Å². The van der Waals surface area contributed by atoms with E-state index in [9.17, 15) is 22.6 Å². The molecule has 1 heterocycles. The molecule has 0 bridgehead atoms. The van der Waals surface area contributed by atoms with Crippen molar-refractivity contribution in [1.82, 2.24) is 0 Å². The van der Waals surface area contributed by atoms with Crippen molar-refractivity contribution in [2.75, 3.05) is 32.5 Å². The molecule has 1 N–H and O–H groups in total. The Balaban J connectivity index is 2.15. The third-order valence-corrected chi connectivity index (χ3v) is 7.21. The number of benzene rings is 2. The number of methoxy groups -OCH3 is 2. The Morgan fingerprint density at radius 3 is 2.20 bits per heavy atom. The second kappa shape index (κ2) is 10.4. The Morgan fingerprint density at radius 1 is 1.03 bits per heavy atom. The van der Waals surface area contributed by atoms with E-state index in [2.05, 4.69) is 20.8 Å². The molecule has 0 saturated heterocycles. The minimum absolute atomic E-state index is 0.0325. The summed E-state index contributed by atoms with van der Waals surface area (Å²) in [7, 11) is -2.12. The van der Waals surface area contributed by atoms with Crippen LogP contribution in [0.1, 0.15) is 26.3 Å². The molecular formula is C24H27NO8S2. The molecule has 1 aliphatic rings. The number of carbonyl (C=O) groups is 2. The van der Waals surface area contributed by atoms with Crippen LogP contribution in [0.3, 0.4) is 0 Å². The van der Waals surface area contributed by atoms with Crippen LogP contribution < -0.4 is 4.90 Å². The molecular weight excluding hydrogens is 494 g/mol. The van der Waals surface area contributed by atoms with Crippen molar-refractivity contribution < 1.29 is 36.8 Å². The highest BCUT2D eigenvalue weighted by molar-refractivity contribution is 7.99. The van der Waals surface area contributed by atoms with E-state index >= 15 is 0 Å². The number of carbonyl (C=O) groups excluding carboxylic acids is 2. The van der Waals surface area contributed by atoms with E-state index in [-0.39, 0.29) is 34.9 Å². The Bertz CT molecular complexity index is 1260. The predicted octanol–water partition coefficient (Wildman–Crippen LogP) is 3.78. The summed E-state index contributed by atoms with van der Waals surface area (Å²) in [5, 5.41) is 0. The van der Waals surface area contributed by atoms with Crippen LogP contribution in [-0.4, -0.2) is 52.5 Å². The maximum absolute atomic E-state index is 12.7. The average molecular weight is 522 g/mol. The third kappa shape index (κ3) is 6.04. The highest BCUT2D eigenvalue weighted by atomic mass is 32.2. The minimum atomic E-state index is -4.49. The minimum Gasteiger partial charge on any atom is -0.466 e. The van der Waals surface area contributed by atoms with E-state index in [1.807, 2.05) is 24.3 Å². The van der Waals surface area contributed by atoms with Gasteiger partial charge in [-0.3, -0.25) is 4.55 Å². The van der Waals surface area contributed by atoms with E-state index in [0.717, 1.165) is 10.5 Å². The molecule has 0 spiro atoms. The molecule has 0 amide bonds. The van der Waals surface area contributed by atoms with Crippen molar-refractivity contribution in [3.8, 4) is 0 Å². The molecule has 1 aliphatic heterocycles. The van der Waals surface area contributed by atoms with E-state index < -0.39 is 22.1 Å². The van der Waals surface area contributed by atoms with Crippen LogP contribution in [0.15, 0.2) is 68.4 Å².